The predicted molar refractivity (Wildman–Crippen MR) is 75.4 cm³/mol. The minimum absolute atomic E-state index is 0.143. The largest absolute Gasteiger partial charge is 0.309 e. The molecule has 1 heterocycles. The average molecular weight is 281 g/mol. The van der Waals surface area contributed by atoms with Gasteiger partial charge in [0, 0.05) is 22.9 Å². The monoisotopic (exact) mass is 281 g/mol. The topological polar surface area (TPSA) is 12.0 Å². The summed E-state index contributed by atoms with van der Waals surface area (Å²) in [6.07, 6.45) is 1.53. The Balaban J connectivity index is 2.26. The second-order valence-electron chi connectivity index (χ2n) is 4.43. The zero-order valence-corrected chi connectivity index (χ0v) is 11.6. The van der Waals surface area contributed by atoms with Crippen molar-refractivity contribution >= 4 is 11.3 Å². The second-order valence-corrected chi connectivity index (χ2v) is 5.46. The third-order valence-electron chi connectivity index (χ3n) is 2.97. The van der Waals surface area contributed by atoms with Gasteiger partial charge in [0.2, 0.25) is 0 Å². The smallest absolute Gasteiger partial charge is 0.130 e. The molecule has 1 nitrogen and oxygen atoms in total. The highest BCUT2D eigenvalue weighted by atomic mass is 32.1. The van der Waals surface area contributed by atoms with Crippen molar-refractivity contribution in [2.24, 2.45) is 0 Å². The van der Waals surface area contributed by atoms with Gasteiger partial charge in [-0.05, 0) is 36.5 Å². The van der Waals surface area contributed by atoms with Gasteiger partial charge in [-0.15, -0.1) is 11.3 Å². The average Bonchev–Trinajstić information content (AvgIpc) is 2.88. The molecule has 4 heteroatoms. The number of rotatable bonds is 6. The van der Waals surface area contributed by atoms with Gasteiger partial charge in [0.05, 0.1) is 0 Å². The van der Waals surface area contributed by atoms with E-state index in [0.717, 1.165) is 17.8 Å². The van der Waals surface area contributed by atoms with Crippen molar-refractivity contribution in [2.45, 2.75) is 25.8 Å². The summed E-state index contributed by atoms with van der Waals surface area (Å²) in [5.41, 5.74) is 0.143. The Hall–Kier alpha value is -1.26. The molecule has 0 bridgehead atoms. The molecule has 0 radical (unpaired) electrons. The lowest BCUT2D eigenvalue weighted by Gasteiger charge is -2.19. The summed E-state index contributed by atoms with van der Waals surface area (Å²) < 4.78 is 27.8. The van der Waals surface area contributed by atoms with Crippen LogP contribution in [0, 0.1) is 11.6 Å². The minimum atomic E-state index is -0.481. The van der Waals surface area contributed by atoms with Crippen LogP contribution in [-0.4, -0.2) is 6.54 Å². The Morgan fingerprint density at radius 1 is 1.16 bits per heavy atom. The van der Waals surface area contributed by atoms with Crippen molar-refractivity contribution in [3.8, 4) is 0 Å². The number of thiophene rings is 1. The molecular formula is C15H17F2NS. The fraction of sp³-hybridized carbons (Fsp3) is 0.333. The molecule has 102 valence electrons. The van der Waals surface area contributed by atoms with Crippen LogP contribution in [0.25, 0.3) is 0 Å². The standard InChI is InChI=1S/C15H17F2NS/c1-2-8-18-14(10-11-5-4-9-19-11)15-12(16)6-3-7-13(15)17/h3-7,9,14,18H,2,8,10H2,1H3. The molecule has 2 rings (SSSR count). The van der Waals surface area contributed by atoms with Crippen LogP contribution in [0.4, 0.5) is 8.78 Å². The normalized spacial score (nSPS) is 12.6. The molecule has 0 saturated carbocycles. The molecular weight excluding hydrogens is 264 g/mol. The molecule has 1 N–H and O–H groups in total. The first kappa shape index (κ1) is 14.2. The fourth-order valence-corrected chi connectivity index (χ4v) is 2.82. The van der Waals surface area contributed by atoms with Crippen LogP contribution in [0.3, 0.4) is 0 Å². The molecule has 1 atom stereocenters. The van der Waals surface area contributed by atoms with Crippen LogP contribution < -0.4 is 5.32 Å². The summed E-state index contributed by atoms with van der Waals surface area (Å²) in [4.78, 5) is 1.12. The van der Waals surface area contributed by atoms with Crippen LogP contribution in [0.2, 0.25) is 0 Å². The van der Waals surface area contributed by atoms with E-state index in [-0.39, 0.29) is 11.6 Å². The maximum absolute atomic E-state index is 13.9. The summed E-state index contributed by atoms with van der Waals surface area (Å²) in [6.45, 7) is 2.77. The van der Waals surface area contributed by atoms with Gasteiger partial charge in [-0.3, -0.25) is 0 Å². The van der Waals surface area contributed by atoms with Crippen LogP contribution >= 0.6 is 11.3 Å². The van der Waals surface area contributed by atoms with Gasteiger partial charge in [-0.2, -0.15) is 0 Å². The molecule has 0 aliphatic heterocycles. The fourth-order valence-electron chi connectivity index (χ4n) is 2.07. The van der Waals surface area contributed by atoms with Crippen molar-refractivity contribution in [3.05, 3.63) is 57.8 Å². The van der Waals surface area contributed by atoms with Crippen LogP contribution in [0.5, 0.6) is 0 Å². The molecule has 0 spiro atoms. The molecule has 1 aromatic heterocycles. The molecule has 0 aliphatic rings. The summed E-state index contributed by atoms with van der Waals surface area (Å²) in [5.74, 6) is -0.963. The van der Waals surface area contributed by atoms with Crippen LogP contribution in [-0.2, 0) is 6.42 Å². The Labute approximate surface area is 116 Å². The van der Waals surface area contributed by atoms with E-state index in [1.807, 2.05) is 24.4 Å². The van der Waals surface area contributed by atoms with E-state index in [1.165, 1.54) is 18.2 Å². The first-order chi connectivity index (χ1) is 9.22. The maximum atomic E-state index is 13.9. The SMILES string of the molecule is CCCNC(Cc1cccs1)c1c(F)cccc1F. The van der Waals surface area contributed by atoms with Gasteiger partial charge in [-0.25, -0.2) is 8.78 Å². The van der Waals surface area contributed by atoms with Gasteiger partial charge in [-0.1, -0.05) is 19.1 Å². The van der Waals surface area contributed by atoms with E-state index in [2.05, 4.69) is 5.32 Å². The number of nitrogens with one attached hydrogen (secondary N) is 1. The maximum Gasteiger partial charge on any atom is 0.130 e. The van der Waals surface area contributed by atoms with Crippen molar-refractivity contribution in [1.29, 1.82) is 0 Å². The number of benzene rings is 1. The van der Waals surface area contributed by atoms with E-state index in [9.17, 15) is 8.78 Å². The van der Waals surface area contributed by atoms with E-state index >= 15 is 0 Å². The van der Waals surface area contributed by atoms with Gasteiger partial charge >= 0.3 is 0 Å². The van der Waals surface area contributed by atoms with Gasteiger partial charge in [0.25, 0.3) is 0 Å². The Kier molecular flexibility index (Phi) is 5.05. The van der Waals surface area contributed by atoms with Crippen molar-refractivity contribution in [3.63, 3.8) is 0 Å². The molecule has 0 aliphatic carbocycles. The van der Waals surface area contributed by atoms with Gasteiger partial charge in [0.1, 0.15) is 11.6 Å². The zero-order valence-electron chi connectivity index (χ0n) is 10.8. The molecule has 19 heavy (non-hydrogen) atoms. The number of hydrogen-bond acceptors (Lipinski definition) is 2. The zero-order chi connectivity index (χ0) is 13.7. The molecule has 0 fully saturated rings. The van der Waals surface area contributed by atoms with Crippen molar-refractivity contribution < 1.29 is 8.78 Å². The van der Waals surface area contributed by atoms with E-state index in [0.29, 0.717) is 6.42 Å². The first-order valence-electron chi connectivity index (χ1n) is 6.42. The molecule has 2 aromatic rings. The van der Waals surface area contributed by atoms with Crippen LogP contribution in [0.15, 0.2) is 35.7 Å². The van der Waals surface area contributed by atoms with Crippen LogP contribution in [0.1, 0.15) is 29.8 Å². The highest BCUT2D eigenvalue weighted by Crippen LogP contribution is 2.25. The second kappa shape index (κ2) is 6.78. The summed E-state index contributed by atoms with van der Waals surface area (Å²) >= 11 is 1.61. The third-order valence-corrected chi connectivity index (χ3v) is 3.87. The molecule has 0 amide bonds. The van der Waals surface area contributed by atoms with E-state index < -0.39 is 11.6 Å². The quantitative estimate of drug-likeness (QED) is 0.832. The lowest BCUT2D eigenvalue weighted by atomic mass is 10.0. The number of halogens is 2. The highest BCUT2D eigenvalue weighted by molar-refractivity contribution is 7.09. The summed E-state index contributed by atoms with van der Waals surface area (Å²) in [5, 5.41) is 5.21. The Morgan fingerprint density at radius 2 is 1.89 bits per heavy atom. The third kappa shape index (κ3) is 3.61. The lowest BCUT2D eigenvalue weighted by molar-refractivity contribution is 0.466. The van der Waals surface area contributed by atoms with E-state index in [1.54, 1.807) is 11.3 Å². The lowest BCUT2D eigenvalue weighted by Crippen LogP contribution is -2.25. The molecule has 1 aromatic carbocycles. The van der Waals surface area contributed by atoms with Gasteiger partial charge < -0.3 is 5.32 Å². The Morgan fingerprint density at radius 3 is 2.47 bits per heavy atom. The number of hydrogen-bond donors (Lipinski definition) is 1. The predicted octanol–water partition coefficient (Wildman–Crippen LogP) is 4.31. The molecule has 0 saturated heterocycles. The summed E-state index contributed by atoms with van der Waals surface area (Å²) in [7, 11) is 0. The van der Waals surface area contributed by atoms with Crippen molar-refractivity contribution in [2.75, 3.05) is 6.54 Å². The minimum Gasteiger partial charge on any atom is -0.309 e. The van der Waals surface area contributed by atoms with Gasteiger partial charge in [0.15, 0.2) is 0 Å². The van der Waals surface area contributed by atoms with Crippen molar-refractivity contribution in [1.82, 2.24) is 5.32 Å². The first-order valence-corrected chi connectivity index (χ1v) is 7.30. The van der Waals surface area contributed by atoms with E-state index in [4.69, 9.17) is 0 Å². The Bertz CT molecular complexity index is 491. The summed E-state index contributed by atoms with van der Waals surface area (Å²) in [6, 6.07) is 7.65. The molecule has 1 unspecified atom stereocenters. The highest BCUT2D eigenvalue weighted by Gasteiger charge is 2.20.